The Labute approximate surface area is 149 Å². The number of hydrogen-bond acceptors (Lipinski definition) is 7. The summed E-state index contributed by atoms with van der Waals surface area (Å²) in [6, 6.07) is 0. The molecule has 0 radical (unpaired) electrons. The third-order valence-corrected chi connectivity index (χ3v) is 4.23. The van der Waals surface area contributed by atoms with Crippen molar-refractivity contribution in [1.29, 1.82) is 0 Å². The molecule has 0 aromatic carbocycles. The zero-order valence-electron chi connectivity index (χ0n) is 14.3. The van der Waals surface area contributed by atoms with Gasteiger partial charge in [0.05, 0.1) is 30.5 Å². The second-order valence-corrected chi connectivity index (χ2v) is 6.42. The first-order chi connectivity index (χ1) is 12.6. The van der Waals surface area contributed by atoms with Gasteiger partial charge in [0.2, 0.25) is 5.89 Å². The fourth-order valence-electron chi connectivity index (χ4n) is 2.69. The van der Waals surface area contributed by atoms with Crippen LogP contribution in [0.4, 0.5) is 5.82 Å². The molecule has 0 unspecified atom stereocenters. The van der Waals surface area contributed by atoms with Crippen LogP contribution in [0.3, 0.4) is 0 Å². The van der Waals surface area contributed by atoms with E-state index >= 15 is 0 Å². The Morgan fingerprint density at radius 2 is 2.23 bits per heavy atom. The van der Waals surface area contributed by atoms with Gasteiger partial charge in [-0.25, -0.2) is 19.9 Å². The number of aryl methyl sites for hydroxylation is 1. The standard InChI is InChI=1S/C17H19N7O2/c1-10-13(17-19-4-5-26-17)23-15(18)14(22-10)16(25)20-6-12-8-24(9-21-12)7-11-2-3-11/h4-5,8-9,11H,2-3,6-7H2,1H3,(H2,18,23)(H,20,25). The quantitative estimate of drug-likeness (QED) is 0.689. The third kappa shape index (κ3) is 3.41. The molecule has 9 nitrogen and oxygen atoms in total. The van der Waals surface area contributed by atoms with Gasteiger partial charge >= 0.3 is 0 Å². The van der Waals surface area contributed by atoms with E-state index in [1.807, 2.05) is 6.20 Å². The Hall–Kier alpha value is -3.23. The average molecular weight is 353 g/mol. The van der Waals surface area contributed by atoms with E-state index in [1.54, 1.807) is 13.3 Å². The van der Waals surface area contributed by atoms with E-state index in [0.29, 0.717) is 23.8 Å². The predicted octanol–water partition coefficient (Wildman–Crippen LogP) is 1.56. The molecular weight excluding hydrogens is 334 g/mol. The first kappa shape index (κ1) is 16.2. The Balaban J connectivity index is 1.44. The summed E-state index contributed by atoms with van der Waals surface area (Å²) in [6.45, 7) is 3.02. The number of nitrogens with two attached hydrogens (primary N) is 1. The lowest BCUT2D eigenvalue weighted by atomic mass is 10.2. The van der Waals surface area contributed by atoms with E-state index in [-0.39, 0.29) is 11.5 Å². The molecule has 26 heavy (non-hydrogen) atoms. The summed E-state index contributed by atoms with van der Waals surface area (Å²) in [5, 5.41) is 2.78. The fourth-order valence-corrected chi connectivity index (χ4v) is 2.69. The van der Waals surface area contributed by atoms with Crippen LogP contribution in [0.5, 0.6) is 0 Å². The van der Waals surface area contributed by atoms with E-state index < -0.39 is 5.91 Å². The summed E-state index contributed by atoms with van der Waals surface area (Å²) in [4.78, 5) is 29.2. The van der Waals surface area contributed by atoms with E-state index in [0.717, 1.165) is 18.2 Å². The maximum atomic E-state index is 12.4. The lowest BCUT2D eigenvalue weighted by molar-refractivity contribution is 0.0946. The molecule has 9 heteroatoms. The topological polar surface area (TPSA) is 125 Å². The molecule has 0 saturated heterocycles. The van der Waals surface area contributed by atoms with Crippen molar-refractivity contribution in [3.05, 3.63) is 42.1 Å². The number of aromatic nitrogens is 5. The smallest absolute Gasteiger partial charge is 0.274 e. The second-order valence-electron chi connectivity index (χ2n) is 6.42. The molecule has 1 aliphatic carbocycles. The summed E-state index contributed by atoms with van der Waals surface area (Å²) in [6.07, 6.45) is 9.26. The Kier molecular flexibility index (Phi) is 4.11. The van der Waals surface area contributed by atoms with Gasteiger partial charge in [-0.05, 0) is 25.7 Å². The largest absolute Gasteiger partial charge is 0.443 e. The fraction of sp³-hybridized carbons (Fsp3) is 0.353. The molecule has 0 atom stereocenters. The highest BCUT2D eigenvalue weighted by Crippen LogP contribution is 2.30. The van der Waals surface area contributed by atoms with Crippen molar-refractivity contribution in [3.8, 4) is 11.6 Å². The monoisotopic (exact) mass is 353 g/mol. The van der Waals surface area contributed by atoms with Crippen molar-refractivity contribution in [3.63, 3.8) is 0 Å². The van der Waals surface area contributed by atoms with Crippen LogP contribution in [-0.2, 0) is 13.1 Å². The highest BCUT2D eigenvalue weighted by molar-refractivity contribution is 5.96. The summed E-state index contributed by atoms with van der Waals surface area (Å²) in [5.74, 6) is 0.719. The molecule has 0 aliphatic heterocycles. The first-order valence-electron chi connectivity index (χ1n) is 8.43. The number of imidazole rings is 1. The van der Waals surface area contributed by atoms with Crippen LogP contribution in [0.2, 0.25) is 0 Å². The average Bonchev–Trinajstić information content (AvgIpc) is 3.10. The number of hydrogen-bond donors (Lipinski definition) is 2. The molecule has 1 amide bonds. The zero-order chi connectivity index (χ0) is 18.1. The number of amides is 1. The minimum Gasteiger partial charge on any atom is -0.443 e. The minimum atomic E-state index is -0.395. The number of carbonyl (C=O) groups is 1. The van der Waals surface area contributed by atoms with Crippen LogP contribution in [0.25, 0.3) is 11.6 Å². The van der Waals surface area contributed by atoms with Crippen molar-refractivity contribution in [2.45, 2.75) is 32.9 Å². The summed E-state index contributed by atoms with van der Waals surface area (Å²) in [5.41, 5.74) is 7.71. The summed E-state index contributed by atoms with van der Waals surface area (Å²) < 4.78 is 7.27. The number of nitrogens with one attached hydrogen (secondary N) is 1. The molecule has 0 spiro atoms. The molecule has 1 aliphatic rings. The van der Waals surface area contributed by atoms with Crippen LogP contribution in [0.1, 0.15) is 34.7 Å². The number of rotatable bonds is 6. The van der Waals surface area contributed by atoms with E-state index in [1.165, 1.54) is 25.3 Å². The maximum absolute atomic E-state index is 12.4. The predicted molar refractivity (Wildman–Crippen MR) is 92.8 cm³/mol. The van der Waals surface area contributed by atoms with Gasteiger partial charge in [0.25, 0.3) is 5.91 Å². The zero-order valence-corrected chi connectivity index (χ0v) is 14.3. The van der Waals surface area contributed by atoms with Crippen LogP contribution in [0, 0.1) is 12.8 Å². The number of nitrogens with zero attached hydrogens (tertiary/aromatic N) is 5. The van der Waals surface area contributed by atoms with Crippen LogP contribution < -0.4 is 11.1 Å². The Bertz CT molecular complexity index is 929. The van der Waals surface area contributed by atoms with Gasteiger partial charge in [0, 0.05) is 12.7 Å². The van der Waals surface area contributed by atoms with E-state index in [2.05, 4.69) is 29.8 Å². The second kappa shape index (κ2) is 6.58. The van der Waals surface area contributed by atoms with Crippen LogP contribution >= 0.6 is 0 Å². The molecule has 4 rings (SSSR count). The number of nitrogen functional groups attached to an aromatic ring is 1. The van der Waals surface area contributed by atoms with Gasteiger partial charge in [-0.3, -0.25) is 4.79 Å². The molecular formula is C17H19N7O2. The number of anilines is 1. The van der Waals surface area contributed by atoms with Gasteiger partial charge in [-0.1, -0.05) is 0 Å². The van der Waals surface area contributed by atoms with Crippen LogP contribution in [0.15, 0.2) is 29.4 Å². The van der Waals surface area contributed by atoms with E-state index in [4.69, 9.17) is 10.2 Å². The highest BCUT2D eigenvalue weighted by atomic mass is 16.3. The molecule has 3 heterocycles. The van der Waals surface area contributed by atoms with Gasteiger partial charge < -0.3 is 20.0 Å². The summed E-state index contributed by atoms with van der Waals surface area (Å²) in [7, 11) is 0. The number of oxazole rings is 1. The molecule has 3 aromatic heterocycles. The lowest BCUT2D eigenvalue weighted by Crippen LogP contribution is -2.26. The van der Waals surface area contributed by atoms with Gasteiger partial charge in [-0.15, -0.1) is 0 Å². The van der Waals surface area contributed by atoms with Crippen molar-refractivity contribution in [1.82, 2.24) is 29.8 Å². The lowest BCUT2D eigenvalue weighted by Gasteiger charge is -2.08. The number of carbonyl (C=O) groups excluding carboxylic acids is 1. The third-order valence-electron chi connectivity index (χ3n) is 4.23. The van der Waals surface area contributed by atoms with Gasteiger partial charge in [0.1, 0.15) is 12.0 Å². The van der Waals surface area contributed by atoms with Crippen molar-refractivity contribution >= 4 is 11.7 Å². The SMILES string of the molecule is Cc1nc(C(=O)NCc2cn(CC3CC3)cn2)c(N)nc1-c1ncco1. The molecule has 3 aromatic rings. The maximum Gasteiger partial charge on any atom is 0.274 e. The minimum absolute atomic E-state index is 0.0283. The Morgan fingerprint density at radius 3 is 2.96 bits per heavy atom. The normalized spacial score (nSPS) is 13.7. The van der Waals surface area contributed by atoms with E-state index in [9.17, 15) is 4.79 Å². The Morgan fingerprint density at radius 1 is 1.38 bits per heavy atom. The van der Waals surface area contributed by atoms with Gasteiger partial charge in [0.15, 0.2) is 11.5 Å². The van der Waals surface area contributed by atoms with Gasteiger partial charge in [-0.2, -0.15) is 0 Å². The first-order valence-corrected chi connectivity index (χ1v) is 8.43. The summed E-state index contributed by atoms with van der Waals surface area (Å²) >= 11 is 0. The molecule has 0 bridgehead atoms. The van der Waals surface area contributed by atoms with Crippen LogP contribution in [-0.4, -0.2) is 30.4 Å². The molecule has 1 fully saturated rings. The van der Waals surface area contributed by atoms with Crippen molar-refractivity contribution < 1.29 is 9.21 Å². The highest BCUT2D eigenvalue weighted by Gasteiger charge is 2.22. The molecule has 1 saturated carbocycles. The molecule has 3 N–H and O–H groups in total. The molecule has 134 valence electrons. The van der Waals surface area contributed by atoms with Crippen molar-refractivity contribution in [2.24, 2.45) is 5.92 Å². The van der Waals surface area contributed by atoms with Crippen molar-refractivity contribution in [2.75, 3.05) is 5.73 Å².